The first-order chi connectivity index (χ1) is 25.7. The maximum absolute atomic E-state index is 17.3. The molecule has 5 aromatic rings. The molecule has 1 amide bonds. The van der Waals surface area contributed by atoms with Gasteiger partial charge in [-0.25, -0.2) is 14.4 Å². The number of aliphatic hydroxyl groups excluding tert-OH is 2. The molecule has 7 atom stereocenters. The quantitative estimate of drug-likeness (QED) is 0.149. The highest BCUT2D eigenvalue weighted by atomic mass is 35.5. The lowest BCUT2D eigenvalue weighted by molar-refractivity contribution is -0.134. The molecule has 3 aromatic heterocycles. The molecular formula is C40H37Cl2FN6O4. The van der Waals surface area contributed by atoms with E-state index in [2.05, 4.69) is 20.9 Å². The normalized spacial score (nSPS) is 25.5. The highest BCUT2D eigenvalue weighted by Gasteiger charge is 2.53. The van der Waals surface area contributed by atoms with E-state index in [1.807, 2.05) is 12.1 Å². The van der Waals surface area contributed by atoms with Gasteiger partial charge in [0.05, 0.1) is 46.0 Å². The molecule has 6 heterocycles. The maximum Gasteiger partial charge on any atom is 0.226 e. The van der Waals surface area contributed by atoms with Crippen molar-refractivity contribution in [3.05, 3.63) is 87.5 Å². The molecule has 3 aliphatic heterocycles. The van der Waals surface area contributed by atoms with Crippen molar-refractivity contribution in [2.24, 2.45) is 11.8 Å². The van der Waals surface area contributed by atoms with Crippen LogP contribution in [-0.2, 0) is 11.2 Å². The standard InChI is InChI=1S/C40H37Cl2FN6O4/c1-19(50)34-25-16-28(38-39(51)29(53-30-9-2-3-13-45-30)18-48(38)40(52)20-10-11-20)49(36-22-15-27(36)46-17-22)37(25)24-14-21(6-5-12-44)31(33(43)35(24)47-34)23-7-4-8-26(41)32(23)42/h2-4,7-9,13-14,16,19-20,22,27,29,36,38-39,46,50-51H,5-6,10-11,15,17-18H2,1H3. The number of benzene rings is 2. The third-order valence-electron chi connectivity index (χ3n) is 11.5. The summed E-state index contributed by atoms with van der Waals surface area (Å²) in [6, 6.07) is 15.6. The Morgan fingerprint density at radius 3 is 2.70 bits per heavy atom. The number of likely N-dealkylation sites (tertiary alicyclic amines) is 1. The smallest absolute Gasteiger partial charge is 0.226 e. The number of aliphatic hydroxyl groups is 2. The van der Waals surface area contributed by atoms with Gasteiger partial charge in [-0.05, 0) is 68.4 Å². The summed E-state index contributed by atoms with van der Waals surface area (Å²) in [4.78, 5) is 24.9. The molecule has 53 heavy (non-hydrogen) atoms. The lowest BCUT2D eigenvalue weighted by Crippen LogP contribution is -2.42. The van der Waals surface area contributed by atoms with Gasteiger partial charge in [0.15, 0.2) is 5.82 Å². The third-order valence-corrected chi connectivity index (χ3v) is 12.3. The molecule has 3 saturated heterocycles. The minimum absolute atomic E-state index is 0.0416. The Bertz CT molecular complexity index is 2310. The van der Waals surface area contributed by atoms with Crippen molar-refractivity contribution in [3.8, 4) is 23.1 Å². The van der Waals surface area contributed by atoms with Crippen LogP contribution < -0.4 is 10.1 Å². The second-order valence-electron chi connectivity index (χ2n) is 14.8. The predicted octanol–water partition coefficient (Wildman–Crippen LogP) is 6.84. The molecule has 3 N–H and O–H groups in total. The molecular weight excluding hydrogens is 718 g/mol. The number of carbonyl (C=O) groups excluding carboxylic acids is 1. The molecule has 7 unspecified atom stereocenters. The van der Waals surface area contributed by atoms with Crippen molar-refractivity contribution < 1.29 is 24.1 Å². The summed E-state index contributed by atoms with van der Waals surface area (Å²) in [5.74, 6) is -0.198. The number of ether oxygens (including phenoxy) is 1. The minimum Gasteiger partial charge on any atom is -0.470 e. The van der Waals surface area contributed by atoms with Gasteiger partial charge in [0.2, 0.25) is 11.8 Å². The van der Waals surface area contributed by atoms with E-state index >= 15 is 4.39 Å². The number of fused-ring (bicyclic) bond motifs is 4. The van der Waals surface area contributed by atoms with Crippen LogP contribution in [0.3, 0.4) is 0 Å². The number of nitrogens with one attached hydrogen (secondary N) is 1. The number of carbonyl (C=O) groups is 1. The summed E-state index contributed by atoms with van der Waals surface area (Å²) in [5, 5.41) is 38.2. The number of rotatable bonds is 9. The number of amides is 1. The van der Waals surface area contributed by atoms with Gasteiger partial charge in [0, 0.05) is 64.8 Å². The second kappa shape index (κ2) is 13.2. The summed E-state index contributed by atoms with van der Waals surface area (Å²) in [5.41, 5.74) is 2.79. The summed E-state index contributed by atoms with van der Waals surface area (Å²) in [6.07, 6.45) is 1.54. The average molecular weight is 756 g/mol. The number of pyridine rings is 2. The molecule has 2 aliphatic carbocycles. The molecule has 0 spiro atoms. The fraction of sp³-hybridized carbons (Fsp3) is 0.400. The van der Waals surface area contributed by atoms with Crippen molar-refractivity contribution in [2.75, 3.05) is 13.1 Å². The average Bonchev–Trinajstić information content (AvgIpc) is 3.40. The monoisotopic (exact) mass is 754 g/mol. The van der Waals surface area contributed by atoms with Crippen molar-refractivity contribution in [1.82, 2.24) is 24.8 Å². The molecule has 10 rings (SSSR count). The molecule has 0 radical (unpaired) electrons. The molecule has 5 fully saturated rings. The van der Waals surface area contributed by atoms with E-state index < -0.39 is 30.2 Å². The molecule has 13 heteroatoms. The Labute approximate surface area is 315 Å². The van der Waals surface area contributed by atoms with Crippen molar-refractivity contribution in [2.45, 2.75) is 75.5 Å². The van der Waals surface area contributed by atoms with Crippen LogP contribution in [0.15, 0.2) is 54.7 Å². The van der Waals surface area contributed by atoms with Crippen LogP contribution in [0.5, 0.6) is 5.88 Å². The van der Waals surface area contributed by atoms with E-state index in [0.717, 1.165) is 25.8 Å². The summed E-state index contributed by atoms with van der Waals surface area (Å²) in [7, 11) is 0. The number of halogens is 3. The Balaban J connectivity index is 1.32. The first-order valence-corrected chi connectivity index (χ1v) is 18.9. The predicted molar refractivity (Wildman–Crippen MR) is 198 cm³/mol. The van der Waals surface area contributed by atoms with Crippen LogP contribution in [0.25, 0.3) is 32.9 Å². The van der Waals surface area contributed by atoms with Crippen LogP contribution >= 0.6 is 23.2 Å². The third kappa shape index (κ3) is 5.57. The van der Waals surface area contributed by atoms with Gasteiger partial charge in [0.25, 0.3) is 0 Å². The van der Waals surface area contributed by atoms with Crippen LogP contribution in [0.2, 0.25) is 10.0 Å². The van der Waals surface area contributed by atoms with Gasteiger partial charge in [-0.3, -0.25) is 4.79 Å². The van der Waals surface area contributed by atoms with Crippen molar-refractivity contribution in [1.29, 1.82) is 5.26 Å². The van der Waals surface area contributed by atoms with E-state index in [1.165, 1.54) is 0 Å². The van der Waals surface area contributed by atoms with E-state index in [-0.39, 0.29) is 76.0 Å². The van der Waals surface area contributed by atoms with Gasteiger partial charge in [-0.15, -0.1) is 0 Å². The van der Waals surface area contributed by atoms with Gasteiger partial charge in [0.1, 0.15) is 23.8 Å². The van der Waals surface area contributed by atoms with Gasteiger partial charge in [-0.2, -0.15) is 5.26 Å². The van der Waals surface area contributed by atoms with Crippen molar-refractivity contribution in [3.63, 3.8) is 0 Å². The second-order valence-corrected chi connectivity index (χ2v) is 15.6. The molecule has 2 bridgehead atoms. The Hall–Kier alpha value is -4.31. The lowest BCUT2D eigenvalue weighted by Gasteiger charge is -2.39. The number of aryl methyl sites for hydroxylation is 1. The number of hydrogen-bond acceptors (Lipinski definition) is 8. The molecule has 2 aromatic carbocycles. The zero-order valence-electron chi connectivity index (χ0n) is 28.8. The van der Waals surface area contributed by atoms with Crippen LogP contribution in [0, 0.1) is 29.0 Å². The first-order valence-electron chi connectivity index (χ1n) is 18.1. The zero-order valence-corrected chi connectivity index (χ0v) is 30.4. The summed E-state index contributed by atoms with van der Waals surface area (Å²) in [6.45, 7) is 2.55. The van der Waals surface area contributed by atoms with Gasteiger partial charge < -0.3 is 29.7 Å². The van der Waals surface area contributed by atoms with Gasteiger partial charge >= 0.3 is 0 Å². The number of aromatic nitrogens is 3. The van der Waals surface area contributed by atoms with E-state index in [0.29, 0.717) is 39.0 Å². The first kappa shape index (κ1) is 34.5. The molecule has 272 valence electrons. The Morgan fingerprint density at radius 1 is 1.19 bits per heavy atom. The zero-order chi connectivity index (χ0) is 36.7. The Morgan fingerprint density at radius 2 is 2.02 bits per heavy atom. The SMILES string of the molecule is CC(O)c1nc2c(F)c(-c3cccc(Cl)c3Cl)c(CCC#N)cc2c2c1cc(C1C(O)C(Oc3ccccn3)CN1C(=O)C1CC1)n2C1C2CNC1C2. The maximum atomic E-state index is 17.3. The highest BCUT2D eigenvalue weighted by molar-refractivity contribution is 6.43. The van der Waals surface area contributed by atoms with E-state index in [1.54, 1.807) is 54.4 Å². The van der Waals surface area contributed by atoms with Crippen LogP contribution in [0.1, 0.15) is 67.7 Å². The summed E-state index contributed by atoms with van der Waals surface area (Å²) < 4.78 is 25.8. The van der Waals surface area contributed by atoms with Crippen LogP contribution in [0.4, 0.5) is 4.39 Å². The largest absolute Gasteiger partial charge is 0.470 e. The molecule has 10 nitrogen and oxygen atoms in total. The Kier molecular flexibility index (Phi) is 8.59. The highest BCUT2D eigenvalue weighted by Crippen LogP contribution is 2.52. The number of nitriles is 1. The van der Waals surface area contributed by atoms with E-state index in [4.69, 9.17) is 32.9 Å². The fourth-order valence-electron chi connectivity index (χ4n) is 8.87. The molecule has 5 aliphatic rings. The fourth-order valence-corrected chi connectivity index (χ4v) is 9.26. The van der Waals surface area contributed by atoms with E-state index in [9.17, 15) is 20.3 Å². The molecule has 2 saturated carbocycles. The topological polar surface area (TPSA) is 137 Å². The van der Waals surface area contributed by atoms with Gasteiger partial charge in [-0.1, -0.05) is 41.4 Å². The lowest BCUT2D eigenvalue weighted by atomic mass is 9.79. The minimum atomic E-state index is -1.12. The van der Waals surface area contributed by atoms with Crippen molar-refractivity contribution >= 4 is 50.9 Å². The summed E-state index contributed by atoms with van der Waals surface area (Å²) >= 11 is 13.1. The number of hydrogen-bond donors (Lipinski definition) is 3. The van der Waals surface area contributed by atoms with Crippen LogP contribution in [-0.4, -0.2) is 66.9 Å². The number of nitrogens with zero attached hydrogens (tertiary/aromatic N) is 5.